The zero-order valence-electron chi connectivity index (χ0n) is 12.5. The van der Waals surface area contributed by atoms with Crippen LogP contribution in [0, 0.1) is 0 Å². The number of carbonyl (C=O) groups is 1. The van der Waals surface area contributed by atoms with E-state index >= 15 is 0 Å². The van der Waals surface area contributed by atoms with Gasteiger partial charge < -0.3 is 19.5 Å². The number of ether oxygens (including phenoxy) is 1. The van der Waals surface area contributed by atoms with E-state index in [1.807, 2.05) is 25.4 Å². The van der Waals surface area contributed by atoms with Crippen molar-refractivity contribution in [2.75, 3.05) is 40.4 Å². The quantitative estimate of drug-likeness (QED) is 0.803. The Hall–Kier alpha value is -1.33. The van der Waals surface area contributed by atoms with E-state index in [9.17, 15) is 4.79 Å². The lowest BCUT2D eigenvalue weighted by atomic mass is 10.1. The second-order valence-electron chi connectivity index (χ2n) is 5.35. The van der Waals surface area contributed by atoms with Gasteiger partial charge in [0, 0.05) is 39.5 Å². The number of nitrogens with one attached hydrogen (secondary N) is 1. The number of methoxy groups -OCH3 is 1. The Bertz CT molecular complexity index is 425. The van der Waals surface area contributed by atoms with Crippen LogP contribution in [0.1, 0.15) is 35.8 Å². The Balaban J connectivity index is 2.00. The summed E-state index contributed by atoms with van der Waals surface area (Å²) in [6.07, 6.45) is 5.07. The van der Waals surface area contributed by atoms with Crippen LogP contribution in [0.15, 0.2) is 18.3 Å². The molecule has 0 spiro atoms. The van der Waals surface area contributed by atoms with E-state index in [4.69, 9.17) is 4.74 Å². The van der Waals surface area contributed by atoms with Crippen molar-refractivity contribution in [1.29, 1.82) is 0 Å². The van der Waals surface area contributed by atoms with E-state index in [1.165, 1.54) is 0 Å². The van der Waals surface area contributed by atoms with E-state index in [2.05, 4.69) is 9.88 Å². The van der Waals surface area contributed by atoms with Gasteiger partial charge in [0.2, 0.25) is 0 Å². The highest BCUT2D eigenvalue weighted by Crippen LogP contribution is 2.21. The van der Waals surface area contributed by atoms with Crippen LogP contribution in [-0.4, -0.2) is 55.8 Å². The SMILES string of the molecule is COCCCN(C)C(=O)c1cccn1C1CCNCC1. The molecule has 2 rings (SSSR count). The third-order valence-corrected chi connectivity index (χ3v) is 3.89. The van der Waals surface area contributed by atoms with E-state index in [1.54, 1.807) is 12.0 Å². The van der Waals surface area contributed by atoms with E-state index < -0.39 is 0 Å². The molecule has 0 unspecified atom stereocenters. The zero-order valence-corrected chi connectivity index (χ0v) is 12.5. The number of nitrogens with zero attached hydrogens (tertiary/aromatic N) is 2. The third-order valence-electron chi connectivity index (χ3n) is 3.89. The van der Waals surface area contributed by atoms with E-state index in [0.29, 0.717) is 12.6 Å². The Morgan fingerprint density at radius 2 is 2.25 bits per heavy atom. The van der Waals surface area contributed by atoms with Crippen LogP contribution >= 0.6 is 0 Å². The second kappa shape index (κ2) is 7.45. The molecule has 1 N–H and O–H groups in total. The fourth-order valence-electron chi connectivity index (χ4n) is 2.72. The maximum atomic E-state index is 12.5. The normalized spacial score (nSPS) is 16.3. The summed E-state index contributed by atoms with van der Waals surface area (Å²) < 4.78 is 7.18. The summed E-state index contributed by atoms with van der Waals surface area (Å²) in [7, 11) is 3.54. The van der Waals surface area contributed by atoms with Gasteiger partial charge in [-0.2, -0.15) is 0 Å². The maximum absolute atomic E-state index is 12.5. The molecular formula is C15H25N3O2. The van der Waals surface area contributed by atoms with Crippen molar-refractivity contribution in [2.24, 2.45) is 0 Å². The van der Waals surface area contributed by atoms with Gasteiger partial charge >= 0.3 is 0 Å². The summed E-state index contributed by atoms with van der Waals surface area (Å²) in [5.74, 6) is 0.102. The summed E-state index contributed by atoms with van der Waals surface area (Å²) in [4.78, 5) is 14.3. The van der Waals surface area contributed by atoms with Gasteiger partial charge in [0.25, 0.3) is 5.91 Å². The van der Waals surface area contributed by atoms with Crippen LogP contribution < -0.4 is 5.32 Å². The number of hydrogen-bond acceptors (Lipinski definition) is 3. The van der Waals surface area contributed by atoms with Gasteiger partial charge in [-0.3, -0.25) is 4.79 Å². The number of piperidine rings is 1. The molecule has 2 heterocycles. The predicted octanol–water partition coefficient (Wildman–Crippen LogP) is 1.52. The van der Waals surface area contributed by atoms with Crippen molar-refractivity contribution in [3.05, 3.63) is 24.0 Å². The molecule has 1 aromatic heterocycles. The van der Waals surface area contributed by atoms with Crippen LogP contribution in [0.25, 0.3) is 0 Å². The van der Waals surface area contributed by atoms with Crippen molar-refractivity contribution >= 4 is 5.91 Å². The zero-order chi connectivity index (χ0) is 14.4. The van der Waals surface area contributed by atoms with Crippen LogP contribution in [0.5, 0.6) is 0 Å². The number of amides is 1. The molecule has 1 aliphatic heterocycles. The summed E-state index contributed by atoms with van der Waals surface area (Å²) in [5, 5.41) is 3.36. The number of carbonyl (C=O) groups excluding carboxylic acids is 1. The molecule has 1 aliphatic rings. The largest absolute Gasteiger partial charge is 0.385 e. The fraction of sp³-hybridized carbons (Fsp3) is 0.667. The highest BCUT2D eigenvalue weighted by molar-refractivity contribution is 5.92. The first-order valence-corrected chi connectivity index (χ1v) is 7.36. The average Bonchev–Trinajstić information content (AvgIpc) is 2.97. The summed E-state index contributed by atoms with van der Waals surface area (Å²) in [6, 6.07) is 4.34. The van der Waals surface area contributed by atoms with Gasteiger partial charge in [-0.05, 0) is 44.5 Å². The monoisotopic (exact) mass is 279 g/mol. The van der Waals surface area contributed by atoms with Gasteiger partial charge in [0.1, 0.15) is 5.69 Å². The lowest BCUT2D eigenvalue weighted by Crippen LogP contribution is -2.33. The Kier molecular flexibility index (Phi) is 5.61. The molecule has 112 valence electrons. The highest BCUT2D eigenvalue weighted by atomic mass is 16.5. The Labute approximate surface area is 120 Å². The van der Waals surface area contributed by atoms with Gasteiger partial charge in [0.15, 0.2) is 0 Å². The minimum atomic E-state index is 0.102. The summed E-state index contributed by atoms with van der Waals surface area (Å²) in [5.41, 5.74) is 0.803. The lowest BCUT2D eigenvalue weighted by molar-refractivity contribution is 0.0765. The van der Waals surface area contributed by atoms with Crippen molar-refractivity contribution in [2.45, 2.75) is 25.3 Å². The summed E-state index contributed by atoms with van der Waals surface area (Å²) >= 11 is 0. The smallest absolute Gasteiger partial charge is 0.270 e. The molecule has 5 heteroatoms. The van der Waals surface area contributed by atoms with Crippen LogP contribution in [0.3, 0.4) is 0 Å². The molecule has 1 amide bonds. The topological polar surface area (TPSA) is 46.5 Å². The van der Waals surface area contributed by atoms with Crippen molar-refractivity contribution in [3.8, 4) is 0 Å². The van der Waals surface area contributed by atoms with Gasteiger partial charge in [-0.15, -0.1) is 0 Å². The van der Waals surface area contributed by atoms with Crippen molar-refractivity contribution in [1.82, 2.24) is 14.8 Å². The van der Waals surface area contributed by atoms with Crippen LogP contribution in [-0.2, 0) is 4.74 Å². The van der Waals surface area contributed by atoms with Crippen molar-refractivity contribution in [3.63, 3.8) is 0 Å². The maximum Gasteiger partial charge on any atom is 0.270 e. The molecule has 5 nitrogen and oxygen atoms in total. The Morgan fingerprint density at radius 1 is 1.50 bits per heavy atom. The third kappa shape index (κ3) is 3.61. The first-order chi connectivity index (χ1) is 9.74. The molecule has 0 radical (unpaired) electrons. The number of aromatic nitrogens is 1. The van der Waals surface area contributed by atoms with Gasteiger partial charge in [-0.1, -0.05) is 0 Å². The lowest BCUT2D eigenvalue weighted by Gasteiger charge is -2.27. The molecule has 1 aromatic rings. The average molecular weight is 279 g/mol. The number of hydrogen-bond donors (Lipinski definition) is 1. The Morgan fingerprint density at radius 3 is 2.95 bits per heavy atom. The molecule has 1 fully saturated rings. The number of rotatable bonds is 6. The predicted molar refractivity (Wildman–Crippen MR) is 79.0 cm³/mol. The van der Waals surface area contributed by atoms with Crippen LogP contribution in [0.2, 0.25) is 0 Å². The minimum absolute atomic E-state index is 0.102. The molecule has 0 saturated carbocycles. The fourth-order valence-corrected chi connectivity index (χ4v) is 2.72. The minimum Gasteiger partial charge on any atom is -0.385 e. The molecule has 0 aromatic carbocycles. The highest BCUT2D eigenvalue weighted by Gasteiger charge is 2.21. The van der Waals surface area contributed by atoms with E-state index in [0.717, 1.165) is 44.6 Å². The molecule has 0 aliphatic carbocycles. The molecule has 0 atom stereocenters. The second-order valence-corrected chi connectivity index (χ2v) is 5.35. The van der Waals surface area contributed by atoms with Gasteiger partial charge in [0.05, 0.1) is 0 Å². The standard InChI is InChI=1S/C15H25N3O2/c1-17(10-4-12-20-2)15(19)14-5-3-11-18(14)13-6-8-16-9-7-13/h3,5,11,13,16H,4,6-10,12H2,1-2H3. The van der Waals surface area contributed by atoms with Gasteiger partial charge in [-0.25, -0.2) is 0 Å². The molecule has 0 bridgehead atoms. The van der Waals surface area contributed by atoms with Crippen LogP contribution in [0.4, 0.5) is 0 Å². The van der Waals surface area contributed by atoms with Crippen molar-refractivity contribution < 1.29 is 9.53 Å². The molecular weight excluding hydrogens is 254 g/mol. The first kappa shape index (κ1) is 15.1. The van der Waals surface area contributed by atoms with E-state index in [-0.39, 0.29) is 5.91 Å². The molecule has 20 heavy (non-hydrogen) atoms. The first-order valence-electron chi connectivity index (χ1n) is 7.36. The summed E-state index contributed by atoms with van der Waals surface area (Å²) in [6.45, 7) is 3.47. The molecule has 1 saturated heterocycles.